The standard InChI is InChI=1S/C22H24BrN3O5/c1-14-3-6-16(23)12-17(14)26-22(29)9-10-25-21(28)8-5-15-4-7-18(19(11-15)30-2)31-13-20(24)27/h3-8,11-12H,9-10,13H2,1-2H3,(H2,24,27)(H,25,28)(H,26,29)/b8-5+. The van der Waals surface area contributed by atoms with Gasteiger partial charge in [0.25, 0.3) is 5.91 Å². The smallest absolute Gasteiger partial charge is 0.255 e. The molecule has 4 N–H and O–H groups in total. The molecule has 0 saturated carbocycles. The van der Waals surface area contributed by atoms with Crippen molar-refractivity contribution < 1.29 is 23.9 Å². The number of nitrogens with one attached hydrogen (secondary N) is 2. The number of benzene rings is 2. The van der Waals surface area contributed by atoms with Gasteiger partial charge in [0.2, 0.25) is 11.8 Å². The molecule has 2 aromatic rings. The van der Waals surface area contributed by atoms with Crippen LogP contribution >= 0.6 is 15.9 Å². The zero-order valence-corrected chi connectivity index (χ0v) is 18.8. The van der Waals surface area contributed by atoms with E-state index in [1.54, 1.807) is 24.3 Å². The van der Waals surface area contributed by atoms with E-state index in [9.17, 15) is 14.4 Å². The van der Waals surface area contributed by atoms with E-state index in [4.69, 9.17) is 15.2 Å². The van der Waals surface area contributed by atoms with Gasteiger partial charge in [-0.25, -0.2) is 0 Å². The normalized spacial score (nSPS) is 10.5. The van der Waals surface area contributed by atoms with Crippen LogP contribution in [0.3, 0.4) is 0 Å². The zero-order valence-electron chi connectivity index (χ0n) is 17.2. The van der Waals surface area contributed by atoms with E-state index in [1.807, 2.05) is 25.1 Å². The largest absolute Gasteiger partial charge is 0.493 e. The van der Waals surface area contributed by atoms with Gasteiger partial charge >= 0.3 is 0 Å². The predicted molar refractivity (Wildman–Crippen MR) is 122 cm³/mol. The Bertz CT molecular complexity index is 991. The number of hydrogen-bond acceptors (Lipinski definition) is 5. The van der Waals surface area contributed by atoms with Gasteiger partial charge in [0, 0.05) is 29.2 Å². The van der Waals surface area contributed by atoms with Crippen molar-refractivity contribution in [3.63, 3.8) is 0 Å². The van der Waals surface area contributed by atoms with Gasteiger partial charge in [0.1, 0.15) is 0 Å². The number of amides is 3. The summed E-state index contributed by atoms with van der Waals surface area (Å²) in [6.07, 6.45) is 3.10. The molecule has 2 rings (SSSR count). The quantitative estimate of drug-likeness (QED) is 0.443. The molecular formula is C22H24BrN3O5. The number of nitrogens with two attached hydrogens (primary N) is 1. The van der Waals surface area contributed by atoms with Crippen molar-refractivity contribution in [2.45, 2.75) is 13.3 Å². The molecule has 8 nitrogen and oxygen atoms in total. The molecule has 164 valence electrons. The Hall–Kier alpha value is -3.33. The minimum absolute atomic E-state index is 0.144. The second-order valence-electron chi connectivity index (χ2n) is 6.55. The molecule has 0 aliphatic carbocycles. The van der Waals surface area contributed by atoms with Crippen LogP contribution in [0.15, 0.2) is 46.9 Å². The van der Waals surface area contributed by atoms with Gasteiger partial charge in [-0.2, -0.15) is 0 Å². The van der Waals surface area contributed by atoms with E-state index >= 15 is 0 Å². The summed E-state index contributed by atoms with van der Waals surface area (Å²) in [7, 11) is 1.47. The summed E-state index contributed by atoms with van der Waals surface area (Å²) in [5.74, 6) is -0.345. The fourth-order valence-electron chi connectivity index (χ4n) is 2.53. The van der Waals surface area contributed by atoms with Crippen LogP contribution in [-0.4, -0.2) is 38.0 Å². The number of rotatable bonds is 10. The average molecular weight is 490 g/mol. The molecule has 0 bridgehead atoms. The van der Waals surface area contributed by atoms with Crippen LogP contribution < -0.4 is 25.8 Å². The first-order valence-electron chi connectivity index (χ1n) is 9.39. The number of ether oxygens (including phenoxy) is 2. The van der Waals surface area contributed by atoms with Crippen LogP contribution in [0.2, 0.25) is 0 Å². The zero-order chi connectivity index (χ0) is 22.8. The highest BCUT2D eigenvalue weighted by atomic mass is 79.9. The molecule has 0 heterocycles. The number of hydrogen-bond donors (Lipinski definition) is 3. The third-order valence-electron chi connectivity index (χ3n) is 4.11. The van der Waals surface area contributed by atoms with Crippen molar-refractivity contribution >= 4 is 45.4 Å². The summed E-state index contributed by atoms with van der Waals surface area (Å²) >= 11 is 3.37. The molecular weight excluding hydrogens is 466 g/mol. The van der Waals surface area contributed by atoms with Crippen LogP contribution in [0.4, 0.5) is 5.69 Å². The van der Waals surface area contributed by atoms with Gasteiger partial charge in [-0.05, 0) is 48.4 Å². The van der Waals surface area contributed by atoms with Crippen LogP contribution in [0.5, 0.6) is 11.5 Å². The monoisotopic (exact) mass is 489 g/mol. The Morgan fingerprint density at radius 2 is 1.90 bits per heavy atom. The first kappa shape index (κ1) is 23.9. The van der Waals surface area contributed by atoms with Crippen LogP contribution in [0.25, 0.3) is 6.08 Å². The van der Waals surface area contributed by atoms with E-state index in [2.05, 4.69) is 26.6 Å². The Balaban J connectivity index is 1.83. The summed E-state index contributed by atoms with van der Waals surface area (Å²) < 4.78 is 11.4. The molecule has 0 aliphatic rings. The Morgan fingerprint density at radius 1 is 1.13 bits per heavy atom. The molecule has 0 atom stereocenters. The van der Waals surface area contributed by atoms with Crippen molar-refractivity contribution in [2.24, 2.45) is 5.73 Å². The van der Waals surface area contributed by atoms with Gasteiger partial charge < -0.3 is 25.8 Å². The molecule has 0 aromatic heterocycles. The van der Waals surface area contributed by atoms with E-state index in [0.717, 1.165) is 15.7 Å². The summed E-state index contributed by atoms with van der Waals surface area (Å²) in [5, 5.41) is 5.49. The molecule has 0 saturated heterocycles. The average Bonchev–Trinajstić information content (AvgIpc) is 2.73. The van der Waals surface area contributed by atoms with E-state index in [-0.39, 0.29) is 31.4 Å². The highest BCUT2D eigenvalue weighted by molar-refractivity contribution is 9.10. The van der Waals surface area contributed by atoms with Crippen LogP contribution in [0.1, 0.15) is 17.5 Å². The van der Waals surface area contributed by atoms with Crippen molar-refractivity contribution in [2.75, 3.05) is 25.6 Å². The lowest BCUT2D eigenvalue weighted by molar-refractivity contribution is -0.120. The number of carbonyl (C=O) groups is 3. The summed E-state index contributed by atoms with van der Waals surface area (Å²) in [4.78, 5) is 34.9. The first-order chi connectivity index (χ1) is 14.8. The van der Waals surface area contributed by atoms with Crippen molar-refractivity contribution in [3.8, 4) is 11.5 Å². The van der Waals surface area contributed by atoms with Crippen molar-refractivity contribution in [1.82, 2.24) is 5.32 Å². The van der Waals surface area contributed by atoms with Gasteiger partial charge in [0.05, 0.1) is 7.11 Å². The summed E-state index contributed by atoms with van der Waals surface area (Å²) in [6.45, 7) is 1.84. The van der Waals surface area contributed by atoms with Crippen LogP contribution in [0, 0.1) is 6.92 Å². The highest BCUT2D eigenvalue weighted by Crippen LogP contribution is 2.28. The minimum Gasteiger partial charge on any atom is -0.493 e. The fraction of sp³-hybridized carbons (Fsp3) is 0.227. The maximum atomic E-state index is 12.1. The maximum Gasteiger partial charge on any atom is 0.255 e. The Labute approximate surface area is 188 Å². The molecule has 9 heteroatoms. The predicted octanol–water partition coefficient (Wildman–Crippen LogP) is 2.79. The van der Waals surface area contributed by atoms with Gasteiger partial charge in [0.15, 0.2) is 18.1 Å². The molecule has 0 spiro atoms. The third-order valence-corrected chi connectivity index (χ3v) is 4.60. The van der Waals surface area contributed by atoms with Crippen molar-refractivity contribution in [3.05, 3.63) is 58.1 Å². The lowest BCUT2D eigenvalue weighted by atomic mass is 10.2. The van der Waals surface area contributed by atoms with Crippen molar-refractivity contribution in [1.29, 1.82) is 0 Å². The number of aryl methyl sites for hydroxylation is 1. The molecule has 0 unspecified atom stereocenters. The maximum absolute atomic E-state index is 12.1. The third kappa shape index (κ3) is 8.13. The summed E-state index contributed by atoms with van der Waals surface area (Å²) in [6, 6.07) is 10.6. The molecule has 0 fully saturated rings. The number of halogens is 1. The lowest BCUT2D eigenvalue weighted by Gasteiger charge is -2.10. The van der Waals surface area contributed by atoms with Gasteiger partial charge in [-0.3, -0.25) is 14.4 Å². The minimum atomic E-state index is -0.594. The van der Waals surface area contributed by atoms with E-state index in [0.29, 0.717) is 17.1 Å². The molecule has 2 aromatic carbocycles. The number of primary amides is 1. The molecule has 31 heavy (non-hydrogen) atoms. The lowest BCUT2D eigenvalue weighted by Crippen LogP contribution is -2.26. The number of anilines is 1. The number of carbonyl (C=O) groups excluding carboxylic acids is 3. The second kappa shape index (κ2) is 11.8. The topological polar surface area (TPSA) is 120 Å². The van der Waals surface area contributed by atoms with Crippen LogP contribution in [-0.2, 0) is 14.4 Å². The molecule has 0 aliphatic heterocycles. The second-order valence-corrected chi connectivity index (χ2v) is 7.46. The number of methoxy groups -OCH3 is 1. The molecule has 3 amide bonds. The fourth-order valence-corrected chi connectivity index (χ4v) is 2.89. The SMILES string of the molecule is COc1cc(/C=C/C(=O)NCCC(=O)Nc2cc(Br)ccc2C)ccc1OCC(N)=O. The first-order valence-corrected chi connectivity index (χ1v) is 10.2. The molecule has 0 radical (unpaired) electrons. The van der Waals surface area contributed by atoms with Gasteiger partial charge in [-0.15, -0.1) is 0 Å². The van der Waals surface area contributed by atoms with E-state index in [1.165, 1.54) is 13.2 Å². The van der Waals surface area contributed by atoms with Gasteiger partial charge in [-0.1, -0.05) is 28.1 Å². The summed E-state index contributed by atoms with van der Waals surface area (Å²) in [5.41, 5.74) is 7.43. The Morgan fingerprint density at radius 3 is 2.61 bits per heavy atom. The Kier molecular flexibility index (Phi) is 9.08. The van der Waals surface area contributed by atoms with E-state index < -0.39 is 5.91 Å². The highest BCUT2D eigenvalue weighted by Gasteiger charge is 2.08.